The zero-order valence-corrected chi connectivity index (χ0v) is 12.9. The number of nitrogens with zero attached hydrogens (tertiary/aromatic N) is 1. The SMILES string of the molecule is O=C(NCc1ccccn1)C12CC3CC(CC(Cl)(C3)C1)C2. The molecule has 4 heteroatoms. The molecular weight excluding hydrogens is 284 g/mol. The van der Waals surface area contributed by atoms with Crippen LogP contribution in [-0.2, 0) is 11.3 Å². The normalized spacial score (nSPS) is 40.2. The van der Waals surface area contributed by atoms with Crippen LogP contribution in [0, 0.1) is 17.3 Å². The first-order valence-electron chi connectivity index (χ1n) is 7.94. The van der Waals surface area contributed by atoms with Crippen LogP contribution in [-0.4, -0.2) is 15.8 Å². The lowest BCUT2D eigenvalue weighted by atomic mass is 9.49. The summed E-state index contributed by atoms with van der Waals surface area (Å²) in [5, 5.41) is 3.11. The molecule has 112 valence electrons. The molecule has 4 aliphatic carbocycles. The van der Waals surface area contributed by atoms with Crippen LogP contribution in [0.3, 0.4) is 0 Å². The van der Waals surface area contributed by atoms with E-state index in [1.807, 2.05) is 18.2 Å². The van der Waals surface area contributed by atoms with Gasteiger partial charge in [-0.2, -0.15) is 0 Å². The molecule has 0 radical (unpaired) electrons. The molecule has 1 aromatic rings. The molecule has 1 N–H and O–H groups in total. The van der Waals surface area contributed by atoms with Crippen molar-refractivity contribution in [3.05, 3.63) is 30.1 Å². The van der Waals surface area contributed by atoms with Gasteiger partial charge in [-0.15, -0.1) is 11.6 Å². The molecule has 4 bridgehead atoms. The van der Waals surface area contributed by atoms with E-state index < -0.39 is 0 Å². The van der Waals surface area contributed by atoms with Crippen LogP contribution in [0.15, 0.2) is 24.4 Å². The highest BCUT2D eigenvalue weighted by Gasteiger charge is 2.59. The average molecular weight is 305 g/mol. The molecule has 0 aromatic carbocycles. The Hall–Kier alpha value is -1.09. The van der Waals surface area contributed by atoms with Gasteiger partial charge in [0.2, 0.25) is 5.91 Å². The summed E-state index contributed by atoms with van der Waals surface area (Å²) in [4.78, 5) is 17.0. The smallest absolute Gasteiger partial charge is 0.226 e. The van der Waals surface area contributed by atoms with E-state index in [1.165, 1.54) is 6.42 Å². The van der Waals surface area contributed by atoms with Gasteiger partial charge in [0, 0.05) is 11.1 Å². The molecule has 0 aliphatic heterocycles. The first kappa shape index (κ1) is 13.6. The lowest BCUT2D eigenvalue weighted by Gasteiger charge is -2.59. The third kappa shape index (κ3) is 2.36. The Labute approximate surface area is 130 Å². The quantitative estimate of drug-likeness (QED) is 0.871. The first-order chi connectivity index (χ1) is 10.1. The summed E-state index contributed by atoms with van der Waals surface area (Å²) in [7, 11) is 0. The summed E-state index contributed by atoms with van der Waals surface area (Å²) >= 11 is 6.79. The van der Waals surface area contributed by atoms with Gasteiger partial charge in [0.05, 0.1) is 17.7 Å². The second-order valence-electron chi connectivity index (χ2n) is 7.40. The number of halogens is 1. The maximum atomic E-state index is 12.8. The highest BCUT2D eigenvalue weighted by atomic mass is 35.5. The van der Waals surface area contributed by atoms with Crippen LogP contribution in [0.4, 0.5) is 0 Å². The first-order valence-corrected chi connectivity index (χ1v) is 8.32. The summed E-state index contributed by atoms with van der Waals surface area (Å²) in [5.41, 5.74) is 0.705. The number of rotatable bonds is 3. The molecular formula is C17H21ClN2O. The molecule has 21 heavy (non-hydrogen) atoms. The van der Waals surface area contributed by atoms with Gasteiger partial charge in [-0.05, 0) is 62.5 Å². The molecule has 4 aliphatic rings. The third-order valence-corrected chi connectivity index (χ3v) is 6.07. The standard InChI is InChI=1S/C17H21ClN2O/c18-17-8-12-5-13(9-17)7-16(6-12,11-17)15(21)20-10-14-3-1-2-4-19-14/h1-4,12-13H,5-11H2,(H,20,21). The lowest BCUT2D eigenvalue weighted by molar-refractivity contribution is -0.144. The summed E-state index contributed by atoms with van der Waals surface area (Å²) < 4.78 is 0. The van der Waals surface area contributed by atoms with E-state index in [9.17, 15) is 4.79 Å². The minimum absolute atomic E-state index is 0.105. The maximum absolute atomic E-state index is 12.8. The minimum Gasteiger partial charge on any atom is -0.350 e. The summed E-state index contributed by atoms with van der Waals surface area (Å²) in [5.74, 6) is 1.51. The van der Waals surface area contributed by atoms with E-state index in [2.05, 4.69) is 10.3 Å². The molecule has 5 rings (SSSR count). The van der Waals surface area contributed by atoms with Crippen molar-refractivity contribution in [2.24, 2.45) is 17.3 Å². The molecule has 2 unspecified atom stereocenters. The van der Waals surface area contributed by atoms with Gasteiger partial charge in [-0.1, -0.05) is 6.07 Å². The molecule has 1 amide bonds. The van der Waals surface area contributed by atoms with E-state index in [0.717, 1.165) is 37.8 Å². The molecule has 0 spiro atoms. The molecule has 2 atom stereocenters. The molecule has 3 nitrogen and oxygen atoms in total. The monoisotopic (exact) mass is 304 g/mol. The van der Waals surface area contributed by atoms with Gasteiger partial charge in [-0.25, -0.2) is 0 Å². The summed E-state index contributed by atoms with van der Waals surface area (Å²) in [6.07, 6.45) is 8.20. The predicted molar refractivity (Wildman–Crippen MR) is 81.8 cm³/mol. The largest absolute Gasteiger partial charge is 0.350 e. The summed E-state index contributed by atoms with van der Waals surface area (Å²) in [6, 6.07) is 5.79. The highest BCUT2D eigenvalue weighted by molar-refractivity contribution is 6.24. The van der Waals surface area contributed by atoms with Gasteiger partial charge in [0.15, 0.2) is 0 Å². The Morgan fingerprint density at radius 3 is 2.67 bits per heavy atom. The van der Waals surface area contributed by atoms with Crippen LogP contribution in [0.2, 0.25) is 0 Å². The van der Waals surface area contributed by atoms with Gasteiger partial charge >= 0.3 is 0 Å². The topological polar surface area (TPSA) is 42.0 Å². The zero-order chi connectivity index (χ0) is 14.5. The van der Waals surface area contributed by atoms with Crippen LogP contribution < -0.4 is 5.32 Å². The van der Waals surface area contributed by atoms with E-state index in [1.54, 1.807) is 6.20 Å². The fourth-order valence-electron chi connectivity index (χ4n) is 5.28. The predicted octanol–water partition coefficient (Wildman–Crippen LogP) is 3.28. The Bertz CT molecular complexity index is 545. The van der Waals surface area contributed by atoms with Crippen molar-refractivity contribution in [1.82, 2.24) is 10.3 Å². The molecule has 0 saturated heterocycles. The second-order valence-corrected chi connectivity index (χ2v) is 8.20. The van der Waals surface area contributed by atoms with Gasteiger partial charge in [0.1, 0.15) is 0 Å². The fourth-order valence-corrected chi connectivity index (χ4v) is 5.97. The number of pyridine rings is 1. The third-order valence-electron chi connectivity index (χ3n) is 5.63. The van der Waals surface area contributed by atoms with E-state index >= 15 is 0 Å². The lowest BCUT2D eigenvalue weighted by Crippen LogP contribution is -2.58. The molecule has 1 heterocycles. The van der Waals surface area contributed by atoms with Crippen molar-refractivity contribution in [2.75, 3.05) is 0 Å². The number of alkyl halides is 1. The Balaban J connectivity index is 1.49. The average Bonchev–Trinajstić information content (AvgIpc) is 2.43. The Morgan fingerprint density at radius 2 is 2.05 bits per heavy atom. The van der Waals surface area contributed by atoms with Crippen LogP contribution >= 0.6 is 11.6 Å². The zero-order valence-electron chi connectivity index (χ0n) is 12.1. The number of carbonyl (C=O) groups is 1. The van der Waals surface area contributed by atoms with E-state index in [4.69, 9.17) is 11.6 Å². The number of nitrogens with one attached hydrogen (secondary N) is 1. The van der Waals surface area contributed by atoms with Crippen molar-refractivity contribution in [1.29, 1.82) is 0 Å². The van der Waals surface area contributed by atoms with E-state index in [0.29, 0.717) is 18.4 Å². The number of hydrogen-bond acceptors (Lipinski definition) is 2. The van der Waals surface area contributed by atoms with Crippen LogP contribution in [0.25, 0.3) is 0 Å². The van der Waals surface area contributed by atoms with Crippen molar-refractivity contribution < 1.29 is 4.79 Å². The fraction of sp³-hybridized carbons (Fsp3) is 0.647. The van der Waals surface area contributed by atoms with Gasteiger partial charge < -0.3 is 5.32 Å². The van der Waals surface area contributed by atoms with Gasteiger partial charge in [0.25, 0.3) is 0 Å². The van der Waals surface area contributed by atoms with E-state index in [-0.39, 0.29) is 16.2 Å². The second kappa shape index (κ2) is 4.70. The Kier molecular flexibility index (Phi) is 3.04. The van der Waals surface area contributed by atoms with Crippen molar-refractivity contribution in [3.63, 3.8) is 0 Å². The molecule has 4 saturated carbocycles. The maximum Gasteiger partial charge on any atom is 0.226 e. The van der Waals surface area contributed by atoms with Crippen LogP contribution in [0.5, 0.6) is 0 Å². The summed E-state index contributed by atoms with van der Waals surface area (Å²) in [6.45, 7) is 0.520. The van der Waals surface area contributed by atoms with Crippen molar-refractivity contribution in [2.45, 2.75) is 49.9 Å². The molecule has 4 fully saturated rings. The molecule has 1 aromatic heterocycles. The van der Waals surface area contributed by atoms with Crippen molar-refractivity contribution in [3.8, 4) is 0 Å². The highest BCUT2D eigenvalue weighted by Crippen LogP contribution is 2.63. The van der Waals surface area contributed by atoms with Crippen LogP contribution in [0.1, 0.15) is 44.2 Å². The number of carbonyl (C=O) groups excluding carboxylic acids is 1. The minimum atomic E-state index is -0.208. The van der Waals surface area contributed by atoms with Crippen molar-refractivity contribution >= 4 is 17.5 Å². The number of aromatic nitrogens is 1. The number of hydrogen-bond donors (Lipinski definition) is 1. The number of amides is 1. The Morgan fingerprint density at radius 1 is 1.29 bits per heavy atom. The van der Waals surface area contributed by atoms with Gasteiger partial charge in [-0.3, -0.25) is 9.78 Å².